The molecule has 0 aromatic carbocycles. The Hall–Kier alpha value is -0.0300. The Morgan fingerprint density at radius 1 is 1.40 bits per heavy atom. The van der Waals surface area contributed by atoms with Gasteiger partial charge in [-0.15, -0.1) is 36.2 Å². The van der Waals surface area contributed by atoms with Gasteiger partial charge in [0.25, 0.3) is 0 Å². The van der Waals surface area contributed by atoms with Crippen molar-refractivity contribution in [2.24, 2.45) is 0 Å². The second kappa shape index (κ2) is 7.28. The smallest absolute Gasteiger partial charge is 0.183 e. The molecule has 0 amide bonds. The average molecular weight is 270 g/mol. The molecule has 88 valence electrons. The van der Waals surface area contributed by atoms with Gasteiger partial charge < -0.3 is 10.6 Å². The quantitative estimate of drug-likeness (QED) is 0.866. The summed E-state index contributed by atoms with van der Waals surface area (Å²) in [6.07, 6.45) is 2.41. The minimum atomic E-state index is 0. The second-order valence-electron chi connectivity index (χ2n) is 3.46. The minimum absolute atomic E-state index is 0. The van der Waals surface area contributed by atoms with Crippen LogP contribution in [-0.2, 0) is 0 Å². The summed E-state index contributed by atoms with van der Waals surface area (Å²) in [7, 11) is 0. The maximum Gasteiger partial charge on any atom is 0.183 e. The number of anilines is 1. The number of piperidine rings is 1. The van der Waals surface area contributed by atoms with Gasteiger partial charge in [-0.25, -0.2) is 4.98 Å². The molecule has 1 aliphatic rings. The number of hydrogen-bond acceptors (Lipinski definition) is 4. The predicted molar refractivity (Wildman–Crippen MR) is 70.9 cm³/mol. The molecule has 1 fully saturated rings. The predicted octanol–water partition coefficient (Wildman–Crippen LogP) is 2.46. The highest BCUT2D eigenvalue weighted by atomic mass is 35.5. The normalized spacial score (nSPS) is 16.3. The van der Waals surface area contributed by atoms with Crippen molar-refractivity contribution in [1.29, 1.82) is 0 Å². The van der Waals surface area contributed by atoms with Crippen LogP contribution in [0.25, 0.3) is 0 Å². The van der Waals surface area contributed by atoms with Crippen LogP contribution >= 0.6 is 36.2 Å². The molecule has 0 radical (unpaired) electrons. The lowest BCUT2D eigenvalue weighted by atomic mass is 10.1. The van der Waals surface area contributed by atoms with Gasteiger partial charge in [-0.2, -0.15) is 0 Å². The zero-order valence-electron chi connectivity index (χ0n) is 8.66. The zero-order valence-corrected chi connectivity index (χ0v) is 11.1. The van der Waals surface area contributed by atoms with Crippen LogP contribution in [0.2, 0.25) is 0 Å². The van der Waals surface area contributed by atoms with E-state index in [1.54, 1.807) is 11.3 Å². The van der Waals surface area contributed by atoms with Crippen molar-refractivity contribution in [3.8, 4) is 0 Å². The van der Waals surface area contributed by atoms with Crippen molar-refractivity contribution in [3.05, 3.63) is 11.1 Å². The molecule has 0 unspecified atom stereocenters. The molecule has 0 saturated carbocycles. The Balaban J connectivity index is 0.000000980. The van der Waals surface area contributed by atoms with Crippen LogP contribution < -0.4 is 10.6 Å². The van der Waals surface area contributed by atoms with Gasteiger partial charge in [0.1, 0.15) is 0 Å². The third-order valence-electron chi connectivity index (χ3n) is 2.29. The third-order valence-corrected chi connectivity index (χ3v) is 3.18. The van der Waals surface area contributed by atoms with Gasteiger partial charge in [-0.1, -0.05) is 0 Å². The Labute approximate surface area is 107 Å². The molecule has 0 spiro atoms. The summed E-state index contributed by atoms with van der Waals surface area (Å²) in [5.41, 5.74) is 1.11. The van der Waals surface area contributed by atoms with Gasteiger partial charge in [0.05, 0.1) is 5.69 Å². The van der Waals surface area contributed by atoms with E-state index in [0.29, 0.717) is 6.04 Å². The summed E-state index contributed by atoms with van der Waals surface area (Å²) < 4.78 is 0. The highest BCUT2D eigenvalue weighted by molar-refractivity contribution is 7.13. The molecule has 0 bridgehead atoms. The lowest BCUT2D eigenvalue weighted by molar-refractivity contribution is 0.479. The largest absolute Gasteiger partial charge is 0.359 e. The van der Waals surface area contributed by atoms with E-state index in [1.165, 1.54) is 12.8 Å². The van der Waals surface area contributed by atoms with E-state index in [-0.39, 0.29) is 24.8 Å². The molecule has 2 rings (SSSR count). The van der Waals surface area contributed by atoms with Gasteiger partial charge in [-0.05, 0) is 32.9 Å². The molecule has 15 heavy (non-hydrogen) atoms. The maximum absolute atomic E-state index is 4.39. The number of nitrogens with one attached hydrogen (secondary N) is 2. The van der Waals surface area contributed by atoms with E-state index in [9.17, 15) is 0 Å². The second-order valence-corrected chi connectivity index (χ2v) is 4.32. The van der Waals surface area contributed by atoms with Crippen molar-refractivity contribution in [2.75, 3.05) is 18.4 Å². The molecular formula is C9H17Cl2N3S. The Morgan fingerprint density at radius 3 is 2.60 bits per heavy atom. The van der Waals surface area contributed by atoms with Crippen molar-refractivity contribution < 1.29 is 0 Å². The molecule has 2 N–H and O–H groups in total. The number of aryl methyl sites for hydroxylation is 1. The van der Waals surface area contributed by atoms with Gasteiger partial charge in [0, 0.05) is 11.4 Å². The van der Waals surface area contributed by atoms with Crippen LogP contribution in [0.5, 0.6) is 0 Å². The van der Waals surface area contributed by atoms with Gasteiger partial charge >= 0.3 is 0 Å². The van der Waals surface area contributed by atoms with Crippen LogP contribution in [0, 0.1) is 6.92 Å². The van der Waals surface area contributed by atoms with E-state index in [2.05, 4.69) is 21.0 Å². The zero-order chi connectivity index (χ0) is 9.10. The van der Waals surface area contributed by atoms with Gasteiger partial charge in [0.2, 0.25) is 0 Å². The number of halogens is 2. The molecule has 2 heterocycles. The Bertz CT molecular complexity index is 274. The standard InChI is InChI=1S/C9H15N3S.2ClH/c1-7-6-13-9(11-7)12-8-2-4-10-5-3-8;;/h6,8,10H,2-5H2,1H3,(H,11,12);2*1H. The molecule has 3 nitrogen and oxygen atoms in total. The summed E-state index contributed by atoms with van der Waals surface area (Å²) in [5.74, 6) is 0. The van der Waals surface area contributed by atoms with E-state index in [4.69, 9.17) is 0 Å². The highest BCUT2D eigenvalue weighted by Gasteiger charge is 2.13. The van der Waals surface area contributed by atoms with Gasteiger partial charge in [-0.3, -0.25) is 0 Å². The number of thiazole rings is 1. The third kappa shape index (κ3) is 4.55. The van der Waals surface area contributed by atoms with Crippen LogP contribution in [0.4, 0.5) is 5.13 Å². The molecule has 0 atom stereocenters. The van der Waals surface area contributed by atoms with Crippen molar-refractivity contribution in [2.45, 2.75) is 25.8 Å². The molecule has 1 aromatic rings. The van der Waals surface area contributed by atoms with Gasteiger partial charge in [0.15, 0.2) is 5.13 Å². The van der Waals surface area contributed by atoms with E-state index >= 15 is 0 Å². The highest BCUT2D eigenvalue weighted by Crippen LogP contribution is 2.17. The summed E-state index contributed by atoms with van der Waals surface area (Å²) in [5, 5.41) is 9.98. The molecule has 1 aliphatic heterocycles. The first kappa shape index (κ1) is 15.0. The molecule has 0 aliphatic carbocycles. The van der Waals surface area contributed by atoms with Crippen molar-refractivity contribution in [3.63, 3.8) is 0 Å². The van der Waals surface area contributed by atoms with Crippen LogP contribution in [-0.4, -0.2) is 24.1 Å². The monoisotopic (exact) mass is 269 g/mol. The molecular weight excluding hydrogens is 253 g/mol. The fourth-order valence-corrected chi connectivity index (χ4v) is 2.33. The number of nitrogens with zero attached hydrogens (tertiary/aromatic N) is 1. The fourth-order valence-electron chi connectivity index (χ4n) is 1.56. The molecule has 6 heteroatoms. The van der Waals surface area contributed by atoms with Crippen molar-refractivity contribution in [1.82, 2.24) is 10.3 Å². The number of rotatable bonds is 2. The lowest BCUT2D eigenvalue weighted by Crippen LogP contribution is -2.35. The minimum Gasteiger partial charge on any atom is -0.359 e. The van der Waals surface area contributed by atoms with E-state index in [0.717, 1.165) is 23.9 Å². The maximum atomic E-state index is 4.39. The fraction of sp³-hybridized carbons (Fsp3) is 0.667. The topological polar surface area (TPSA) is 37.0 Å². The first-order chi connectivity index (χ1) is 6.34. The number of aromatic nitrogens is 1. The Morgan fingerprint density at radius 2 is 2.07 bits per heavy atom. The summed E-state index contributed by atoms with van der Waals surface area (Å²) >= 11 is 1.70. The summed E-state index contributed by atoms with van der Waals surface area (Å²) in [6.45, 7) is 4.29. The summed E-state index contributed by atoms with van der Waals surface area (Å²) in [4.78, 5) is 4.39. The van der Waals surface area contributed by atoms with E-state index < -0.39 is 0 Å². The molecule has 1 saturated heterocycles. The van der Waals surface area contributed by atoms with E-state index in [1.807, 2.05) is 6.92 Å². The summed E-state index contributed by atoms with van der Waals surface area (Å²) in [6, 6.07) is 0.617. The SMILES string of the molecule is Cc1csc(NC2CCNCC2)n1.Cl.Cl. The first-order valence-corrected chi connectivity index (χ1v) is 5.62. The first-order valence-electron chi connectivity index (χ1n) is 4.74. The molecule has 1 aromatic heterocycles. The average Bonchev–Trinajstić information content (AvgIpc) is 2.53. The van der Waals surface area contributed by atoms with Crippen LogP contribution in [0.1, 0.15) is 18.5 Å². The Kier molecular flexibility index (Phi) is 7.26. The van der Waals surface area contributed by atoms with Crippen molar-refractivity contribution >= 4 is 41.3 Å². The lowest BCUT2D eigenvalue weighted by Gasteiger charge is -2.23. The number of hydrogen-bond donors (Lipinski definition) is 2. The van der Waals surface area contributed by atoms with Crippen LogP contribution in [0.15, 0.2) is 5.38 Å². The van der Waals surface area contributed by atoms with Crippen LogP contribution in [0.3, 0.4) is 0 Å².